The Kier molecular flexibility index (Phi) is 4.56. The number of nitrogens with one attached hydrogen (secondary N) is 1. The Balaban J connectivity index is 1.81. The maximum atomic E-state index is 4.32. The molecule has 1 aliphatic carbocycles. The third-order valence-electron chi connectivity index (χ3n) is 3.81. The van der Waals surface area contributed by atoms with Crippen LogP contribution < -0.4 is 10.2 Å². The lowest BCUT2D eigenvalue weighted by atomic mass is 10.1. The van der Waals surface area contributed by atoms with Crippen LogP contribution in [-0.2, 0) is 13.1 Å². The first-order valence-electron chi connectivity index (χ1n) is 7.68. The molecule has 21 heavy (non-hydrogen) atoms. The van der Waals surface area contributed by atoms with Gasteiger partial charge in [-0.3, -0.25) is 4.98 Å². The van der Waals surface area contributed by atoms with E-state index >= 15 is 0 Å². The molecule has 1 fully saturated rings. The highest BCUT2D eigenvalue weighted by Crippen LogP contribution is 2.35. The molecule has 4 heteroatoms. The molecular formula is C17H23N3S. The SMILES string of the molecule is CC(C)NCc1cnccc1N(Cc1ccsc1)C1CC1. The average molecular weight is 301 g/mol. The topological polar surface area (TPSA) is 28.2 Å². The van der Waals surface area contributed by atoms with Crippen molar-refractivity contribution in [3.8, 4) is 0 Å². The molecule has 112 valence electrons. The van der Waals surface area contributed by atoms with E-state index in [1.54, 1.807) is 11.3 Å². The highest BCUT2D eigenvalue weighted by atomic mass is 32.1. The van der Waals surface area contributed by atoms with Crippen LogP contribution in [0, 0.1) is 0 Å². The van der Waals surface area contributed by atoms with Crippen molar-refractivity contribution >= 4 is 17.0 Å². The van der Waals surface area contributed by atoms with E-state index in [2.05, 4.69) is 51.9 Å². The van der Waals surface area contributed by atoms with Crippen molar-refractivity contribution in [2.45, 2.75) is 51.9 Å². The molecule has 3 rings (SSSR count). The maximum Gasteiger partial charge on any atom is 0.0448 e. The summed E-state index contributed by atoms with van der Waals surface area (Å²) in [5.41, 5.74) is 4.05. The first kappa shape index (κ1) is 14.5. The monoisotopic (exact) mass is 301 g/mol. The van der Waals surface area contributed by atoms with Crippen molar-refractivity contribution < 1.29 is 0 Å². The summed E-state index contributed by atoms with van der Waals surface area (Å²) in [4.78, 5) is 6.87. The summed E-state index contributed by atoms with van der Waals surface area (Å²) >= 11 is 1.78. The van der Waals surface area contributed by atoms with Gasteiger partial charge in [0.25, 0.3) is 0 Å². The molecule has 1 N–H and O–H groups in total. The predicted molar refractivity (Wildman–Crippen MR) is 89.7 cm³/mol. The van der Waals surface area contributed by atoms with Gasteiger partial charge in [0.15, 0.2) is 0 Å². The van der Waals surface area contributed by atoms with E-state index in [0.29, 0.717) is 12.1 Å². The molecule has 0 bridgehead atoms. The van der Waals surface area contributed by atoms with Gasteiger partial charge >= 0.3 is 0 Å². The Morgan fingerprint density at radius 1 is 1.38 bits per heavy atom. The average Bonchev–Trinajstić information content (AvgIpc) is 3.20. The molecule has 1 saturated carbocycles. The molecule has 0 amide bonds. The van der Waals surface area contributed by atoms with Crippen LogP contribution in [0.4, 0.5) is 5.69 Å². The molecule has 2 heterocycles. The number of hydrogen-bond donors (Lipinski definition) is 1. The first-order valence-corrected chi connectivity index (χ1v) is 8.62. The molecular weight excluding hydrogens is 278 g/mol. The quantitative estimate of drug-likeness (QED) is 0.843. The molecule has 0 radical (unpaired) electrons. The van der Waals surface area contributed by atoms with Crippen LogP contribution in [0.25, 0.3) is 0 Å². The van der Waals surface area contributed by atoms with E-state index in [0.717, 1.165) is 13.1 Å². The maximum absolute atomic E-state index is 4.32. The zero-order chi connectivity index (χ0) is 14.7. The van der Waals surface area contributed by atoms with Gasteiger partial charge in [-0.25, -0.2) is 0 Å². The van der Waals surface area contributed by atoms with Gasteiger partial charge in [0.1, 0.15) is 0 Å². The molecule has 2 aromatic rings. The Hall–Kier alpha value is -1.39. The van der Waals surface area contributed by atoms with E-state index in [-0.39, 0.29) is 0 Å². The number of anilines is 1. The van der Waals surface area contributed by atoms with Gasteiger partial charge in [-0.2, -0.15) is 11.3 Å². The number of nitrogens with zero attached hydrogens (tertiary/aromatic N) is 2. The third-order valence-corrected chi connectivity index (χ3v) is 4.54. The van der Waals surface area contributed by atoms with Crippen molar-refractivity contribution in [3.63, 3.8) is 0 Å². The fraction of sp³-hybridized carbons (Fsp3) is 0.471. The summed E-state index contributed by atoms with van der Waals surface area (Å²) in [6, 6.07) is 5.59. The Labute approximate surface area is 131 Å². The predicted octanol–water partition coefficient (Wildman–Crippen LogP) is 3.81. The standard InChI is InChI=1S/C17H23N3S/c1-13(2)19-10-15-9-18-7-5-17(15)20(16-3-4-16)11-14-6-8-21-12-14/h5-9,12-13,16,19H,3-4,10-11H2,1-2H3. The number of pyridine rings is 1. The summed E-state index contributed by atoms with van der Waals surface area (Å²) in [5.74, 6) is 0. The van der Waals surface area contributed by atoms with Crippen LogP contribution in [0.3, 0.4) is 0 Å². The van der Waals surface area contributed by atoms with Gasteiger partial charge in [-0.15, -0.1) is 0 Å². The summed E-state index contributed by atoms with van der Waals surface area (Å²) in [7, 11) is 0. The second-order valence-corrected chi connectivity index (χ2v) is 6.81. The molecule has 0 aliphatic heterocycles. The Bertz CT molecular complexity index is 561. The molecule has 1 aliphatic rings. The third kappa shape index (κ3) is 3.83. The lowest BCUT2D eigenvalue weighted by Crippen LogP contribution is -2.28. The minimum Gasteiger partial charge on any atom is -0.364 e. The van der Waals surface area contributed by atoms with Crippen LogP contribution in [0.2, 0.25) is 0 Å². The number of rotatable bonds is 7. The van der Waals surface area contributed by atoms with Crippen LogP contribution in [0.15, 0.2) is 35.3 Å². The highest BCUT2D eigenvalue weighted by molar-refractivity contribution is 7.07. The van der Waals surface area contributed by atoms with E-state index in [9.17, 15) is 0 Å². The molecule has 0 unspecified atom stereocenters. The summed E-state index contributed by atoms with van der Waals surface area (Å²) in [6.07, 6.45) is 6.54. The minimum absolute atomic E-state index is 0.490. The number of hydrogen-bond acceptors (Lipinski definition) is 4. The van der Waals surface area contributed by atoms with Gasteiger partial charge in [-0.1, -0.05) is 13.8 Å². The smallest absolute Gasteiger partial charge is 0.0448 e. The second-order valence-electron chi connectivity index (χ2n) is 6.03. The molecule has 2 aromatic heterocycles. The summed E-state index contributed by atoms with van der Waals surface area (Å²) in [5, 5.41) is 7.92. The zero-order valence-corrected chi connectivity index (χ0v) is 13.6. The zero-order valence-electron chi connectivity index (χ0n) is 12.7. The van der Waals surface area contributed by atoms with Crippen molar-refractivity contribution in [3.05, 3.63) is 46.4 Å². The van der Waals surface area contributed by atoms with Crippen LogP contribution in [-0.4, -0.2) is 17.1 Å². The molecule has 0 aromatic carbocycles. The first-order chi connectivity index (χ1) is 10.2. The lowest BCUT2D eigenvalue weighted by Gasteiger charge is -2.27. The summed E-state index contributed by atoms with van der Waals surface area (Å²) in [6.45, 7) is 6.25. The van der Waals surface area contributed by atoms with Gasteiger partial charge in [0.2, 0.25) is 0 Å². The molecule has 0 spiro atoms. The minimum atomic E-state index is 0.490. The van der Waals surface area contributed by atoms with Crippen molar-refractivity contribution in [2.75, 3.05) is 4.90 Å². The fourth-order valence-corrected chi connectivity index (χ4v) is 3.19. The fourth-order valence-electron chi connectivity index (χ4n) is 2.53. The van der Waals surface area contributed by atoms with E-state index < -0.39 is 0 Å². The Morgan fingerprint density at radius 3 is 2.90 bits per heavy atom. The van der Waals surface area contributed by atoms with E-state index in [1.165, 1.54) is 29.7 Å². The number of aromatic nitrogens is 1. The van der Waals surface area contributed by atoms with E-state index in [4.69, 9.17) is 0 Å². The van der Waals surface area contributed by atoms with Crippen molar-refractivity contribution in [2.24, 2.45) is 0 Å². The highest BCUT2D eigenvalue weighted by Gasteiger charge is 2.30. The molecule has 3 nitrogen and oxygen atoms in total. The summed E-state index contributed by atoms with van der Waals surface area (Å²) < 4.78 is 0. The van der Waals surface area contributed by atoms with Crippen LogP contribution >= 0.6 is 11.3 Å². The van der Waals surface area contributed by atoms with Gasteiger partial charge in [0, 0.05) is 48.8 Å². The van der Waals surface area contributed by atoms with Gasteiger partial charge in [0.05, 0.1) is 0 Å². The second kappa shape index (κ2) is 6.58. The van der Waals surface area contributed by atoms with E-state index in [1.807, 2.05) is 12.4 Å². The largest absolute Gasteiger partial charge is 0.364 e. The molecule has 0 atom stereocenters. The van der Waals surface area contributed by atoms with Gasteiger partial charge in [-0.05, 0) is 41.3 Å². The van der Waals surface area contributed by atoms with Gasteiger partial charge < -0.3 is 10.2 Å². The number of thiophene rings is 1. The normalized spacial score (nSPS) is 14.6. The van der Waals surface area contributed by atoms with Crippen LogP contribution in [0.5, 0.6) is 0 Å². The lowest BCUT2D eigenvalue weighted by molar-refractivity contribution is 0.586. The van der Waals surface area contributed by atoms with Crippen LogP contribution in [0.1, 0.15) is 37.8 Å². The Morgan fingerprint density at radius 2 is 2.24 bits per heavy atom. The van der Waals surface area contributed by atoms with Crippen molar-refractivity contribution in [1.29, 1.82) is 0 Å². The molecule has 0 saturated heterocycles. The van der Waals surface area contributed by atoms with Crippen molar-refractivity contribution in [1.82, 2.24) is 10.3 Å².